The Labute approximate surface area is 242 Å². The second-order valence-electron chi connectivity index (χ2n) is 11.2. The van der Waals surface area contributed by atoms with Crippen molar-refractivity contribution in [3.63, 3.8) is 0 Å². The molecule has 1 heterocycles. The number of benzene rings is 4. The van der Waals surface area contributed by atoms with Gasteiger partial charge in [0.1, 0.15) is 18.5 Å². The van der Waals surface area contributed by atoms with Crippen molar-refractivity contribution in [1.82, 2.24) is 0 Å². The number of ether oxygens (including phenoxy) is 2. The minimum Gasteiger partial charge on any atom is -0.491 e. The third-order valence-electron chi connectivity index (χ3n) is 7.93. The molecule has 1 N–H and O–H groups in total. The summed E-state index contributed by atoms with van der Waals surface area (Å²) in [4.78, 5) is 9.48. The molecule has 2 aliphatic rings. The molecule has 1 saturated heterocycles. The lowest BCUT2D eigenvalue weighted by Gasteiger charge is -2.08. The van der Waals surface area contributed by atoms with E-state index >= 15 is 0 Å². The van der Waals surface area contributed by atoms with Crippen LogP contribution in [0.15, 0.2) is 94.9 Å². The zero-order valence-electron chi connectivity index (χ0n) is 23.7. The maximum atomic E-state index is 9.26. The van der Waals surface area contributed by atoms with Crippen LogP contribution in [0, 0.1) is 25.7 Å². The number of hydrogen-bond donors (Lipinski definition) is 1. The van der Waals surface area contributed by atoms with Gasteiger partial charge in [-0.2, -0.15) is 0 Å². The molecule has 5 heteroatoms. The van der Waals surface area contributed by atoms with E-state index in [1.54, 1.807) is 0 Å². The third-order valence-corrected chi connectivity index (χ3v) is 7.93. The van der Waals surface area contributed by atoms with Crippen molar-refractivity contribution in [2.24, 2.45) is 21.8 Å². The molecule has 0 radical (unpaired) electrons. The van der Waals surface area contributed by atoms with Crippen LogP contribution in [-0.2, 0) is 11.2 Å². The SMILES string of the molecule is Cc1cc(-c2ccc(N=Cc3ccc(OCC4CO4)cc3)c(C)c2)ccc1N=Cc1ccc(CC2CC2CO)cc1. The zero-order valence-corrected chi connectivity index (χ0v) is 23.7. The fraction of sp³-hybridized carbons (Fsp3) is 0.278. The Balaban J connectivity index is 1.07. The van der Waals surface area contributed by atoms with Crippen molar-refractivity contribution in [2.45, 2.75) is 32.8 Å². The second kappa shape index (κ2) is 12.2. The zero-order chi connectivity index (χ0) is 28.2. The largest absolute Gasteiger partial charge is 0.491 e. The number of hydrogen-bond acceptors (Lipinski definition) is 5. The fourth-order valence-electron chi connectivity index (χ4n) is 5.08. The summed E-state index contributed by atoms with van der Waals surface area (Å²) in [7, 11) is 0. The summed E-state index contributed by atoms with van der Waals surface area (Å²) in [5.41, 5.74) is 9.96. The predicted molar refractivity (Wildman–Crippen MR) is 166 cm³/mol. The highest BCUT2D eigenvalue weighted by molar-refractivity contribution is 5.84. The van der Waals surface area contributed by atoms with E-state index in [9.17, 15) is 5.11 Å². The molecule has 1 saturated carbocycles. The summed E-state index contributed by atoms with van der Waals surface area (Å²) in [5, 5.41) is 9.26. The summed E-state index contributed by atoms with van der Waals surface area (Å²) in [5.74, 6) is 1.99. The minimum atomic E-state index is 0.255. The highest BCUT2D eigenvalue weighted by Gasteiger charge is 2.35. The van der Waals surface area contributed by atoms with E-state index in [4.69, 9.17) is 19.5 Å². The third kappa shape index (κ3) is 7.18. The Kier molecular flexibility index (Phi) is 8.08. The Morgan fingerprint density at radius 2 is 1.34 bits per heavy atom. The van der Waals surface area contributed by atoms with Gasteiger partial charge in [-0.25, -0.2) is 0 Å². The van der Waals surface area contributed by atoms with Gasteiger partial charge in [-0.05, 0) is 126 Å². The van der Waals surface area contributed by atoms with Crippen LogP contribution >= 0.6 is 0 Å². The normalized spacial score (nSPS) is 19.6. The Hall–Kier alpha value is -4.06. The van der Waals surface area contributed by atoms with Crippen LogP contribution in [0.1, 0.15) is 34.2 Å². The first-order valence-electron chi connectivity index (χ1n) is 14.4. The standard InChI is InChI=1S/C36H36N2O3/c1-24-15-29(9-13-35(24)37-19-27-5-3-26(4-6-27)17-31-18-32(31)21-39)30-10-14-36(25(2)16-30)38-20-28-7-11-33(12-8-28)40-22-34-23-41-34/h3-16,19-20,31-32,34,39H,17-18,21-23H2,1-2H3. The van der Waals surface area contributed by atoms with E-state index in [0.717, 1.165) is 70.0 Å². The smallest absolute Gasteiger partial charge is 0.119 e. The first-order valence-corrected chi connectivity index (χ1v) is 14.4. The van der Waals surface area contributed by atoms with Gasteiger partial charge in [-0.1, -0.05) is 36.4 Å². The monoisotopic (exact) mass is 544 g/mol. The number of aliphatic imine (C=N–C) groups is 2. The molecule has 1 aliphatic carbocycles. The first-order chi connectivity index (χ1) is 20.0. The van der Waals surface area contributed by atoms with E-state index < -0.39 is 0 Å². The van der Waals surface area contributed by atoms with Crippen molar-refractivity contribution < 1.29 is 14.6 Å². The van der Waals surface area contributed by atoms with E-state index in [0.29, 0.717) is 25.0 Å². The van der Waals surface area contributed by atoms with Crippen LogP contribution in [0.25, 0.3) is 11.1 Å². The number of rotatable bonds is 11. The van der Waals surface area contributed by atoms with Crippen LogP contribution in [0.2, 0.25) is 0 Å². The van der Waals surface area contributed by atoms with Crippen LogP contribution in [0.4, 0.5) is 11.4 Å². The Bertz CT molecular complexity index is 1550. The number of nitrogens with zero attached hydrogens (tertiary/aromatic N) is 2. The molecule has 0 amide bonds. The molecule has 2 fully saturated rings. The Morgan fingerprint density at radius 3 is 1.83 bits per heavy atom. The van der Waals surface area contributed by atoms with Crippen LogP contribution in [0.5, 0.6) is 5.75 Å². The molecule has 208 valence electrons. The topological polar surface area (TPSA) is 66.7 Å². The summed E-state index contributed by atoms with van der Waals surface area (Å²) < 4.78 is 10.9. The maximum Gasteiger partial charge on any atom is 0.119 e. The Morgan fingerprint density at radius 1 is 0.780 bits per heavy atom. The van der Waals surface area contributed by atoms with Gasteiger partial charge >= 0.3 is 0 Å². The average Bonchev–Trinajstić information content (AvgIpc) is 3.93. The molecule has 0 aromatic heterocycles. The number of aliphatic hydroxyl groups excluding tert-OH is 1. The van der Waals surface area contributed by atoms with Gasteiger partial charge < -0.3 is 14.6 Å². The molecular formula is C36H36N2O3. The summed E-state index contributed by atoms with van der Waals surface area (Å²) in [6, 6.07) is 29.4. The molecule has 41 heavy (non-hydrogen) atoms. The highest BCUT2D eigenvalue weighted by Crippen LogP contribution is 2.40. The molecule has 4 aromatic carbocycles. The quantitative estimate of drug-likeness (QED) is 0.158. The summed E-state index contributed by atoms with van der Waals surface area (Å²) in [6.45, 7) is 5.92. The van der Waals surface area contributed by atoms with Crippen molar-refractivity contribution >= 4 is 23.8 Å². The summed E-state index contributed by atoms with van der Waals surface area (Å²) in [6.07, 6.45) is 6.28. The number of aliphatic hydroxyl groups is 1. The predicted octanol–water partition coefficient (Wildman–Crippen LogP) is 7.42. The van der Waals surface area contributed by atoms with Gasteiger partial charge in [0.05, 0.1) is 18.0 Å². The van der Waals surface area contributed by atoms with Crippen molar-refractivity contribution in [3.8, 4) is 16.9 Å². The first kappa shape index (κ1) is 27.1. The van der Waals surface area contributed by atoms with Gasteiger partial charge in [-0.3, -0.25) is 9.98 Å². The molecule has 3 atom stereocenters. The van der Waals surface area contributed by atoms with Crippen LogP contribution in [0.3, 0.4) is 0 Å². The number of epoxide rings is 1. The molecule has 5 nitrogen and oxygen atoms in total. The van der Waals surface area contributed by atoms with Gasteiger partial charge in [0, 0.05) is 19.0 Å². The van der Waals surface area contributed by atoms with E-state index in [2.05, 4.69) is 74.5 Å². The van der Waals surface area contributed by atoms with E-state index in [1.165, 1.54) is 5.56 Å². The van der Waals surface area contributed by atoms with Crippen LogP contribution < -0.4 is 4.74 Å². The van der Waals surface area contributed by atoms with Gasteiger partial charge in [-0.15, -0.1) is 0 Å². The lowest BCUT2D eigenvalue weighted by molar-refractivity contribution is 0.263. The minimum absolute atomic E-state index is 0.255. The fourth-order valence-corrected chi connectivity index (χ4v) is 5.08. The molecular weight excluding hydrogens is 508 g/mol. The lowest BCUT2D eigenvalue weighted by atomic mass is 10.00. The average molecular weight is 545 g/mol. The highest BCUT2D eigenvalue weighted by atomic mass is 16.6. The van der Waals surface area contributed by atoms with Gasteiger partial charge in [0.2, 0.25) is 0 Å². The van der Waals surface area contributed by atoms with Crippen molar-refractivity contribution in [1.29, 1.82) is 0 Å². The molecule has 0 spiro atoms. The summed E-state index contributed by atoms with van der Waals surface area (Å²) >= 11 is 0. The van der Waals surface area contributed by atoms with Gasteiger partial charge in [0.25, 0.3) is 0 Å². The molecule has 0 bridgehead atoms. The second-order valence-corrected chi connectivity index (χ2v) is 11.2. The molecule has 4 aromatic rings. The maximum absolute atomic E-state index is 9.26. The van der Waals surface area contributed by atoms with E-state index in [-0.39, 0.29) is 6.10 Å². The van der Waals surface area contributed by atoms with Crippen LogP contribution in [-0.4, -0.2) is 43.5 Å². The molecule has 6 rings (SSSR count). The lowest BCUT2D eigenvalue weighted by Crippen LogP contribution is -2.03. The van der Waals surface area contributed by atoms with Gasteiger partial charge in [0.15, 0.2) is 0 Å². The number of aryl methyl sites for hydroxylation is 2. The van der Waals surface area contributed by atoms with Crippen molar-refractivity contribution in [2.75, 3.05) is 19.8 Å². The molecule has 1 aliphatic heterocycles. The van der Waals surface area contributed by atoms with E-state index in [1.807, 2.05) is 36.7 Å². The molecule has 3 unspecified atom stereocenters. The van der Waals surface area contributed by atoms with Crippen molar-refractivity contribution in [3.05, 3.63) is 113 Å².